The molecule has 18 heavy (non-hydrogen) atoms. The molecule has 5 heteroatoms. The number of aliphatic carboxylic acids is 1. The molecule has 0 aliphatic heterocycles. The summed E-state index contributed by atoms with van der Waals surface area (Å²) in [5.74, 6) is -0.833. The molecule has 112 valence electrons. The van der Waals surface area contributed by atoms with Gasteiger partial charge in [-0.3, -0.25) is 4.79 Å². The lowest BCUT2D eigenvalue weighted by atomic mass is 10.3. The molecule has 0 saturated heterocycles. The van der Waals surface area contributed by atoms with E-state index in [4.69, 9.17) is 24.9 Å². The van der Waals surface area contributed by atoms with Crippen LogP contribution in [0.25, 0.3) is 0 Å². The van der Waals surface area contributed by atoms with Crippen molar-refractivity contribution in [3.05, 3.63) is 0 Å². The van der Waals surface area contributed by atoms with Gasteiger partial charge in [0.25, 0.3) is 5.97 Å². The molecular weight excluding hydrogens is 236 g/mol. The van der Waals surface area contributed by atoms with Crippen LogP contribution in [0.4, 0.5) is 0 Å². The molecule has 0 aliphatic rings. The van der Waals surface area contributed by atoms with E-state index >= 15 is 0 Å². The monoisotopic (exact) mass is 266 g/mol. The van der Waals surface area contributed by atoms with E-state index in [0.29, 0.717) is 6.42 Å². The molecule has 0 radical (unpaired) electrons. The van der Waals surface area contributed by atoms with Gasteiger partial charge < -0.3 is 20.1 Å². The van der Waals surface area contributed by atoms with Gasteiger partial charge in [0.1, 0.15) is 0 Å². The molecule has 0 atom stereocenters. The largest absolute Gasteiger partial charge is 0.481 e. The lowest BCUT2D eigenvalue weighted by molar-refractivity contribution is -0.134. The predicted octanol–water partition coefficient (Wildman–Crippen LogP) is 2.06. The Hall–Kier alpha value is -0.650. The zero-order valence-corrected chi connectivity index (χ0v) is 12.0. The van der Waals surface area contributed by atoms with E-state index in [-0.39, 0.29) is 13.2 Å². The Morgan fingerprint density at radius 3 is 1.44 bits per heavy atom. The molecule has 0 aliphatic carbocycles. The van der Waals surface area contributed by atoms with Crippen LogP contribution in [0.15, 0.2) is 0 Å². The van der Waals surface area contributed by atoms with Gasteiger partial charge in [0.2, 0.25) is 0 Å². The third kappa shape index (κ3) is 58.5. The van der Waals surface area contributed by atoms with E-state index in [1.807, 2.05) is 0 Å². The van der Waals surface area contributed by atoms with Crippen LogP contribution < -0.4 is 0 Å². The van der Waals surface area contributed by atoms with Crippen LogP contribution in [-0.2, 0) is 9.53 Å². The first kappa shape index (κ1) is 22.5. The number of hydrogen-bond donors (Lipinski definition) is 3. The highest BCUT2D eigenvalue weighted by Gasteiger charge is 1.84. The van der Waals surface area contributed by atoms with Crippen LogP contribution >= 0.6 is 0 Å². The predicted molar refractivity (Wildman–Crippen MR) is 72.7 cm³/mol. The summed E-state index contributed by atoms with van der Waals surface area (Å²) in [6, 6.07) is 0. The number of ether oxygens (including phenoxy) is 1. The molecule has 0 saturated carbocycles. The van der Waals surface area contributed by atoms with Gasteiger partial charge in [-0.2, -0.15) is 0 Å². The number of carboxylic acids is 1. The zero-order valence-electron chi connectivity index (χ0n) is 12.0. The molecule has 0 fully saturated rings. The van der Waals surface area contributed by atoms with E-state index in [1.165, 1.54) is 25.7 Å². The van der Waals surface area contributed by atoms with E-state index in [2.05, 4.69) is 13.8 Å². The first-order valence-corrected chi connectivity index (χ1v) is 6.55. The zero-order chi connectivity index (χ0) is 14.6. The van der Waals surface area contributed by atoms with Gasteiger partial charge in [0, 0.05) is 33.4 Å². The SMILES string of the molecule is CC(=O)O.CCCCOCCCC.OCCCO. The van der Waals surface area contributed by atoms with Crippen molar-refractivity contribution in [2.24, 2.45) is 0 Å². The Balaban J connectivity index is -0.000000212. The van der Waals surface area contributed by atoms with Crippen molar-refractivity contribution >= 4 is 5.97 Å². The third-order valence-electron chi connectivity index (χ3n) is 1.60. The van der Waals surface area contributed by atoms with Gasteiger partial charge in [-0.05, 0) is 19.3 Å². The second kappa shape index (κ2) is 25.3. The Labute approximate surface area is 111 Å². The maximum atomic E-state index is 9.00. The number of aliphatic hydroxyl groups excluding tert-OH is 2. The number of rotatable bonds is 8. The van der Waals surface area contributed by atoms with Gasteiger partial charge in [-0.25, -0.2) is 0 Å². The Morgan fingerprint density at radius 2 is 1.28 bits per heavy atom. The summed E-state index contributed by atoms with van der Waals surface area (Å²) in [5, 5.41) is 23.2. The fourth-order valence-electron chi connectivity index (χ4n) is 0.666. The topological polar surface area (TPSA) is 87.0 Å². The summed E-state index contributed by atoms with van der Waals surface area (Å²) in [7, 11) is 0. The van der Waals surface area contributed by atoms with Gasteiger partial charge in [-0.1, -0.05) is 26.7 Å². The van der Waals surface area contributed by atoms with Gasteiger partial charge >= 0.3 is 0 Å². The highest BCUT2D eigenvalue weighted by Crippen LogP contribution is 1.91. The van der Waals surface area contributed by atoms with Crippen molar-refractivity contribution in [2.45, 2.75) is 52.9 Å². The first-order chi connectivity index (χ1) is 8.56. The smallest absolute Gasteiger partial charge is 0.300 e. The minimum Gasteiger partial charge on any atom is -0.481 e. The number of carboxylic acid groups (broad SMARTS) is 1. The summed E-state index contributed by atoms with van der Waals surface area (Å²) in [6.07, 6.45) is 5.41. The van der Waals surface area contributed by atoms with E-state index in [0.717, 1.165) is 20.1 Å². The van der Waals surface area contributed by atoms with Crippen molar-refractivity contribution in [1.82, 2.24) is 0 Å². The number of hydrogen-bond acceptors (Lipinski definition) is 4. The lowest BCUT2D eigenvalue weighted by Gasteiger charge is -1.99. The van der Waals surface area contributed by atoms with Crippen molar-refractivity contribution in [3.63, 3.8) is 0 Å². The van der Waals surface area contributed by atoms with Crippen molar-refractivity contribution in [3.8, 4) is 0 Å². The van der Waals surface area contributed by atoms with Crippen molar-refractivity contribution in [2.75, 3.05) is 26.4 Å². The van der Waals surface area contributed by atoms with Crippen LogP contribution in [0.2, 0.25) is 0 Å². The highest BCUT2D eigenvalue weighted by molar-refractivity contribution is 5.62. The maximum absolute atomic E-state index is 9.00. The molecule has 3 N–H and O–H groups in total. The molecule has 0 spiro atoms. The molecule has 0 heterocycles. The second-order valence-electron chi connectivity index (χ2n) is 3.64. The normalized spacial score (nSPS) is 8.72. The minimum atomic E-state index is -0.833. The lowest BCUT2D eigenvalue weighted by Crippen LogP contribution is -1.95. The van der Waals surface area contributed by atoms with Crippen LogP contribution in [-0.4, -0.2) is 47.7 Å². The Morgan fingerprint density at radius 1 is 0.944 bits per heavy atom. The van der Waals surface area contributed by atoms with E-state index in [1.54, 1.807) is 0 Å². The van der Waals surface area contributed by atoms with Gasteiger partial charge in [0.15, 0.2) is 0 Å². The summed E-state index contributed by atoms with van der Waals surface area (Å²) in [6.45, 7) is 7.55. The maximum Gasteiger partial charge on any atom is 0.300 e. The first-order valence-electron chi connectivity index (χ1n) is 6.55. The molecule has 0 aromatic heterocycles. The Bertz CT molecular complexity index is 127. The highest BCUT2D eigenvalue weighted by atomic mass is 16.5. The molecule has 0 rings (SSSR count). The quantitative estimate of drug-likeness (QED) is 0.585. The number of aliphatic hydroxyl groups is 2. The minimum absolute atomic E-state index is 0.0938. The average molecular weight is 266 g/mol. The van der Waals surface area contributed by atoms with Crippen LogP contribution in [0.1, 0.15) is 52.9 Å². The molecule has 0 unspecified atom stereocenters. The molecule has 5 nitrogen and oxygen atoms in total. The van der Waals surface area contributed by atoms with Crippen LogP contribution in [0.3, 0.4) is 0 Å². The van der Waals surface area contributed by atoms with E-state index < -0.39 is 5.97 Å². The molecule has 0 aromatic rings. The summed E-state index contributed by atoms with van der Waals surface area (Å²) in [4.78, 5) is 9.00. The van der Waals surface area contributed by atoms with Crippen molar-refractivity contribution in [1.29, 1.82) is 0 Å². The molecule has 0 aromatic carbocycles. The molecule has 0 bridgehead atoms. The fourth-order valence-corrected chi connectivity index (χ4v) is 0.666. The molecular formula is C13H30O5. The Kier molecular flexibility index (Phi) is 31.6. The van der Waals surface area contributed by atoms with E-state index in [9.17, 15) is 0 Å². The second-order valence-corrected chi connectivity index (χ2v) is 3.64. The number of carbonyl (C=O) groups is 1. The standard InChI is InChI=1S/C8H18O.C3H8O2.C2H4O2/c1-3-5-7-9-8-6-4-2;4-2-1-3-5;1-2(3)4/h3-8H2,1-2H3;4-5H,1-3H2;1H3,(H,3,4). The van der Waals surface area contributed by atoms with Gasteiger partial charge in [0.05, 0.1) is 0 Å². The molecule has 0 amide bonds. The summed E-state index contributed by atoms with van der Waals surface area (Å²) in [5.41, 5.74) is 0. The summed E-state index contributed by atoms with van der Waals surface area (Å²) >= 11 is 0. The average Bonchev–Trinajstić information content (AvgIpc) is 2.30. The van der Waals surface area contributed by atoms with Gasteiger partial charge in [-0.15, -0.1) is 0 Å². The summed E-state index contributed by atoms with van der Waals surface area (Å²) < 4.78 is 5.31. The number of unbranched alkanes of at least 4 members (excludes halogenated alkanes) is 2. The van der Waals surface area contributed by atoms with Crippen LogP contribution in [0, 0.1) is 0 Å². The fraction of sp³-hybridized carbons (Fsp3) is 0.923. The third-order valence-corrected chi connectivity index (χ3v) is 1.60. The van der Waals surface area contributed by atoms with Crippen LogP contribution in [0.5, 0.6) is 0 Å². The van der Waals surface area contributed by atoms with Crippen molar-refractivity contribution < 1.29 is 24.9 Å².